The Balaban J connectivity index is 2.46. The van der Waals surface area contributed by atoms with Crippen LogP contribution in [-0.4, -0.2) is 5.78 Å². The van der Waals surface area contributed by atoms with E-state index in [1.54, 1.807) is 0 Å². The summed E-state index contributed by atoms with van der Waals surface area (Å²) in [5, 5.41) is 0. The Bertz CT molecular complexity index is 399. The molecular formula is C14H16Br2O. The molecule has 0 aliphatic heterocycles. The van der Waals surface area contributed by atoms with Crippen molar-refractivity contribution in [2.75, 3.05) is 0 Å². The summed E-state index contributed by atoms with van der Waals surface area (Å²) in [6, 6.07) is 5.69. The van der Waals surface area contributed by atoms with E-state index >= 15 is 0 Å². The number of ketones is 1. The molecule has 3 heteroatoms. The van der Waals surface area contributed by atoms with Crippen LogP contribution in [0.2, 0.25) is 0 Å². The van der Waals surface area contributed by atoms with E-state index in [0.717, 1.165) is 40.2 Å². The molecule has 0 saturated heterocycles. The van der Waals surface area contributed by atoms with Crippen molar-refractivity contribution >= 4 is 37.6 Å². The molecule has 0 atom stereocenters. The summed E-state index contributed by atoms with van der Waals surface area (Å²) in [6.45, 7) is 3.68. The number of Topliss-reactive ketones (excluding diaryl/α,β-unsaturated/α-hetero) is 1. The molecule has 0 radical (unpaired) electrons. The van der Waals surface area contributed by atoms with Gasteiger partial charge >= 0.3 is 0 Å². The second kappa shape index (κ2) is 7.83. The lowest BCUT2D eigenvalue weighted by atomic mass is 10.0. The van der Waals surface area contributed by atoms with E-state index in [1.165, 1.54) is 0 Å². The van der Waals surface area contributed by atoms with Crippen LogP contribution in [0.25, 0.3) is 0 Å². The van der Waals surface area contributed by atoms with Gasteiger partial charge in [-0.2, -0.15) is 0 Å². The molecule has 0 aromatic heterocycles. The van der Waals surface area contributed by atoms with Crippen molar-refractivity contribution in [1.82, 2.24) is 0 Å². The lowest BCUT2D eigenvalue weighted by molar-refractivity contribution is 0.0978. The van der Waals surface area contributed by atoms with Crippen molar-refractivity contribution in [3.63, 3.8) is 0 Å². The first kappa shape index (κ1) is 14.7. The molecule has 0 amide bonds. The summed E-state index contributed by atoms with van der Waals surface area (Å²) in [7, 11) is 0. The third-order valence-corrected chi connectivity index (χ3v) is 3.73. The molecule has 1 aromatic carbocycles. The van der Waals surface area contributed by atoms with Crippen LogP contribution >= 0.6 is 31.9 Å². The summed E-state index contributed by atoms with van der Waals surface area (Å²) in [4.78, 5) is 12.0. The first-order valence-electron chi connectivity index (χ1n) is 5.74. The number of carbonyl (C=O) groups is 1. The third kappa shape index (κ3) is 5.17. The zero-order valence-corrected chi connectivity index (χ0v) is 12.9. The summed E-state index contributed by atoms with van der Waals surface area (Å²) < 4.78 is 1.81. The normalized spacial score (nSPS) is 10.2. The van der Waals surface area contributed by atoms with E-state index in [0.29, 0.717) is 6.42 Å². The van der Waals surface area contributed by atoms with Crippen LogP contribution in [-0.2, 0) is 0 Å². The molecule has 0 aliphatic carbocycles. The largest absolute Gasteiger partial charge is 0.294 e. The number of benzene rings is 1. The number of hydrogen-bond acceptors (Lipinski definition) is 1. The molecule has 0 fully saturated rings. The fourth-order valence-electron chi connectivity index (χ4n) is 1.60. The molecule has 92 valence electrons. The molecule has 17 heavy (non-hydrogen) atoms. The molecule has 0 N–H and O–H groups in total. The Kier molecular flexibility index (Phi) is 6.75. The van der Waals surface area contributed by atoms with Crippen molar-refractivity contribution in [3.8, 4) is 0 Å². The Hall–Kier alpha value is -0.410. The van der Waals surface area contributed by atoms with Gasteiger partial charge in [-0.1, -0.05) is 44.4 Å². The van der Waals surface area contributed by atoms with Crippen LogP contribution in [0.5, 0.6) is 0 Å². The molecule has 1 rings (SSSR count). The summed E-state index contributed by atoms with van der Waals surface area (Å²) >= 11 is 6.79. The Labute approximate surface area is 120 Å². The Morgan fingerprint density at radius 2 is 2.00 bits per heavy atom. The highest BCUT2D eigenvalue weighted by atomic mass is 79.9. The molecule has 0 unspecified atom stereocenters. The van der Waals surface area contributed by atoms with Crippen molar-refractivity contribution in [3.05, 3.63) is 45.4 Å². The zero-order valence-electron chi connectivity index (χ0n) is 9.72. The first-order valence-corrected chi connectivity index (χ1v) is 7.33. The highest BCUT2D eigenvalue weighted by Gasteiger charge is 2.09. The number of halogens is 2. The topological polar surface area (TPSA) is 17.1 Å². The minimum absolute atomic E-state index is 0.205. The fourth-order valence-corrected chi connectivity index (χ4v) is 2.43. The number of allylic oxidation sites excluding steroid dienone is 1. The van der Waals surface area contributed by atoms with Crippen molar-refractivity contribution in [1.29, 1.82) is 0 Å². The minimum Gasteiger partial charge on any atom is -0.294 e. The van der Waals surface area contributed by atoms with E-state index in [-0.39, 0.29) is 5.78 Å². The van der Waals surface area contributed by atoms with Gasteiger partial charge in [0.15, 0.2) is 5.78 Å². The summed E-state index contributed by atoms with van der Waals surface area (Å²) in [5.74, 6) is 0.205. The van der Waals surface area contributed by atoms with Crippen LogP contribution in [0.3, 0.4) is 0 Å². The molecule has 1 aromatic rings. The highest BCUT2D eigenvalue weighted by molar-refractivity contribution is 9.11. The predicted molar refractivity (Wildman–Crippen MR) is 79.5 cm³/mol. The third-order valence-electron chi connectivity index (χ3n) is 2.54. The lowest BCUT2D eigenvalue weighted by Gasteiger charge is -2.04. The standard InChI is InChI=1S/C14H16Br2O/c1-2-3-4-5-6-7-14(17)12-10-11(15)8-9-13(12)16/h2,8-10H,1,3-7H2. The maximum absolute atomic E-state index is 12.0. The molecule has 0 saturated carbocycles. The first-order chi connectivity index (χ1) is 8.15. The van der Waals surface area contributed by atoms with Gasteiger partial charge in [-0.3, -0.25) is 4.79 Å². The van der Waals surface area contributed by atoms with Gasteiger partial charge in [0.1, 0.15) is 0 Å². The smallest absolute Gasteiger partial charge is 0.164 e. The molecule has 1 nitrogen and oxygen atoms in total. The van der Waals surface area contributed by atoms with Crippen LogP contribution in [0, 0.1) is 0 Å². The Morgan fingerprint density at radius 1 is 1.24 bits per heavy atom. The second-order valence-corrected chi connectivity index (χ2v) is 5.71. The number of carbonyl (C=O) groups excluding carboxylic acids is 1. The van der Waals surface area contributed by atoms with E-state index in [2.05, 4.69) is 38.4 Å². The van der Waals surface area contributed by atoms with Crippen LogP contribution in [0.1, 0.15) is 42.5 Å². The monoisotopic (exact) mass is 358 g/mol. The van der Waals surface area contributed by atoms with Crippen molar-refractivity contribution < 1.29 is 4.79 Å². The molecule has 0 spiro atoms. The van der Waals surface area contributed by atoms with Crippen LogP contribution in [0.4, 0.5) is 0 Å². The average Bonchev–Trinajstić information content (AvgIpc) is 2.32. The summed E-state index contributed by atoms with van der Waals surface area (Å²) in [6.07, 6.45) is 6.74. The van der Waals surface area contributed by atoms with E-state index < -0.39 is 0 Å². The van der Waals surface area contributed by atoms with Gasteiger partial charge in [-0.05, 0) is 37.5 Å². The SMILES string of the molecule is C=CCCCCCC(=O)c1cc(Br)ccc1Br. The van der Waals surface area contributed by atoms with E-state index in [4.69, 9.17) is 0 Å². The van der Waals surface area contributed by atoms with E-state index in [1.807, 2.05) is 24.3 Å². The number of unbranched alkanes of at least 4 members (excludes halogenated alkanes) is 3. The Morgan fingerprint density at radius 3 is 2.71 bits per heavy atom. The maximum atomic E-state index is 12.0. The highest BCUT2D eigenvalue weighted by Crippen LogP contribution is 2.23. The van der Waals surface area contributed by atoms with Crippen LogP contribution in [0.15, 0.2) is 39.8 Å². The van der Waals surface area contributed by atoms with Gasteiger partial charge in [-0.25, -0.2) is 0 Å². The predicted octanol–water partition coefficient (Wildman–Crippen LogP) is 5.53. The van der Waals surface area contributed by atoms with E-state index in [9.17, 15) is 4.79 Å². The number of hydrogen-bond donors (Lipinski definition) is 0. The second-order valence-electron chi connectivity index (χ2n) is 3.94. The molecular weight excluding hydrogens is 344 g/mol. The molecule has 0 aliphatic rings. The quantitative estimate of drug-likeness (QED) is 0.355. The van der Waals surface area contributed by atoms with Gasteiger partial charge in [-0.15, -0.1) is 6.58 Å². The van der Waals surface area contributed by atoms with Gasteiger partial charge in [0.05, 0.1) is 0 Å². The lowest BCUT2D eigenvalue weighted by Crippen LogP contribution is -2.00. The molecule has 0 bridgehead atoms. The van der Waals surface area contributed by atoms with Gasteiger partial charge < -0.3 is 0 Å². The zero-order chi connectivity index (χ0) is 12.7. The summed E-state index contributed by atoms with van der Waals surface area (Å²) in [5.41, 5.74) is 0.767. The van der Waals surface area contributed by atoms with Crippen LogP contribution < -0.4 is 0 Å². The molecule has 0 heterocycles. The van der Waals surface area contributed by atoms with Gasteiger partial charge in [0, 0.05) is 20.9 Å². The minimum atomic E-state index is 0.205. The van der Waals surface area contributed by atoms with Gasteiger partial charge in [0.25, 0.3) is 0 Å². The van der Waals surface area contributed by atoms with Crippen molar-refractivity contribution in [2.24, 2.45) is 0 Å². The average molecular weight is 360 g/mol. The van der Waals surface area contributed by atoms with Crippen molar-refractivity contribution in [2.45, 2.75) is 32.1 Å². The fraction of sp³-hybridized carbons (Fsp3) is 0.357. The number of rotatable bonds is 7. The van der Waals surface area contributed by atoms with Gasteiger partial charge in [0.2, 0.25) is 0 Å². The maximum Gasteiger partial charge on any atom is 0.164 e.